The van der Waals surface area contributed by atoms with E-state index in [1.807, 2.05) is 45.0 Å². The fourth-order valence-electron chi connectivity index (χ4n) is 2.44. The lowest BCUT2D eigenvalue weighted by atomic mass is 10.1. The molecule has 0 unspecified atom stereocenters. The van der Waals surface area contributed by atoms with Crippen molar-refractivity contribution in [3.8, 4) is 5.69 Å². The quantitative estimate of drug-likeness (QED) is 0.922. The molecule has 0 amide bonds. The maximum absolute atomic E-state index is 10.7. The number of benzene rings is 1. The molecule has 0 bridgehead atoms. The van der Waals surface area contributed by atoms with Crippen molar-refractivity contribution in [3.05, 3.63) is 51.8 Å². The largest absolute Gasteiger partial charge is 0.481 e. The summed E-state index contributed by atoms with van der Waals surface area (Å²) in [5.41, 5.74) is 5.29. The van der Waals surface area contributed by atoms with Gasteiger partial charge in [0.05, 0.1) is 0 Å². The molecule has 2 aromatic rings. The minimum Gasteiger partial charge on any atom is -0.481 e. The Bertz CT molecular complexity index is 659. The number of aryl methyl sites for hydroxylation is 3. The molecule has 1 N–H and O–H groups in total. The summed E-state index contributed by atoms with van der Waals surface area (Å²) >= 11 is 6.19. The number of aromatic nitrogens is 1. The topological polar surface area (TPSA) is 42.2 Å². The zero-order valence-corrected chi connectivity index (χ0v) is 12.7. The van der Waals surface area contributed by atoms with Crippen LogP contribution in [0.3, 0.4) is 0 Å². The van der Waals surface area contributed by atoms with Crippen LogP contribution in [0.4, 0.5) is 0 Å². The van der Waals surface area contributed by atoms with Gasteiger partial charge in [0.25, 0.3) is 0 Å². The molecule has 1 aromatic carbocycles. The van der Waals surface area contributed by atoms with Crippen molar-refractivity contribution in [1.82, 2.24) is 4.57 Å². The monoisotopic (exact) mass is 291 g/mol. The molecule has 0 spiro atoms. The lowest BCUT2D eigenvalue weighted by Gasteiger charge is -2.11. The van der Waals surface area contributed by atoms with Gasteiger partial charge in [-0.05, 0) is 56.5 Å². The predicted molar refractivity (Wildman–Crippen MR) is 80.9 cm³/mol. The average molecular weight is 292 g/mol. The molecule has 0 saturated heterocycles. The van der Waals surface area contributed by atoms with Crippen molar-refractivity contribution < 1.29 is 9.90 Å². The van der Waals surface area contributed by atoms with Gasteiger partial charge in [-0.2, -0.15) is 0 Å². The number of halogens is 1. The third-order valence-electron chi connectivity index (χ3n) is 3.56. The molecule has 0 atom stereocenters. The molecule has 0 aliphatic heterocycles. The Kier molecular flexibility index (Phi) is 4.19. The van der Waals surface area contributed by atoms with Gasteiger partial charge in [-0.3, -0.25) is 4.79 Å². The Morgan fingerprint density at radius 3 is 2.55 bits per heavy atom. The minimum atomic E-state index is -0.770. The van der Waals surface area contributed by atoms with Gasteiger partial charge in [0.2, 0.25) is 0 Å². The first-order chi connectivity index (χ1) is 9.40. The van der Waals surface area contributed by atoms with Crippen LogP contribution < -0.4 is 0 Å². The van der Waals surface area contributed by atoms with E-state index in [1.165, 1.54) is 0 Å². The third-order valence-corrected chi connectivity index (χ3v) is 3.96. The lowest BCUT2D eigenvalue weighted by Crippen LogP contribution is -2.01. The predicted octanol–water partition coefficient (Wildman–Crippen LogP) is 4.07. The van der Waals surface area contributed by atoms with E-state index in [1.54, 1.807) is 0 Å². The van der Waals surface area contributed by atoms with Crippen LogP contribution in [-0.2, 0) is 11.2 Å². The minimum absolute atomic E-state index is 0.152. The van der Waals surface area contributed by atoms with E-state index < -0.39 is 5.97 Å². The first kappa shape index (κ1) is 14.7. The van der Waals surface area contributed by atoms with Gasteiger partial charge in [0, 0.05) is 28.5 Å². The number of hydrogen-bond donors (Lipinski definition) is 1. The van der Waals surface area contributed by atoms with Gasteiger partial charge in [0.1, 0.15) is 0 Å². The summed E-state index contributed by atoms with van der Waals surface area (Å²) in [5.74, 6) is -0.770. The zero-order chi connectivity index (χ0) is 14.9. The highest BCUT2D eigenvalue weighted by Gasteiger charge is 2.12. The summed E-state index contributed by atoms with van der Waals surface area (Å²) in [4.78, 5) is 10.7. The van der Waals surface area contributed by atoms with Gasteiger partial charge < -0.3 is 9.67 Å². The SMILES string of the molecule is Cc1ccc(-n2c(C)cc(CCC(=O)O)c2C)cc1Cl. The molecule has 2 rings (SSSR count). The molecule has 0 aliphatic carbocycles. The summed E-state index contributed by atoms with van der Waals surface area (Å²) in [7, 11) is 0. The molecule has 0 aliphatic rings. The van der Waals surface area contributed by atoms with E-state index in [9.17, 15) is 4.79 Å². The number of hydrogen-bond acceptors (Lipinski definition) is 1. The summed E-state index contributed by atoms with van der Waals surface area (Å²) in [6, 6.07) is 8.01. The Balaban J connectivity index is 2.41. The molecular formula is C16H18ClNO2. The molecule has 0 fully saturated rings. The van der Waals surface area contributed by atoms with Gasteiger partial charge >= 0.3 is 5.97 Å². The third kappa shape index (κ3) is 2.88. The van der Waals surface area contributed by atoms with Crippen molar-refractivity contribution in [2.45, 2.75) is 33.6 Å². The zero-order valence-electron chi connectivity index (χ0n) is 11.9. The van der Waals surface area contributed by atoms with Crippen LogP contribution in [0, 0.1) is 20.8 Å². The number of carboxylic acids is 1. The van der Waals surface area contributed by atoms with Crippen molar-refractivity contribution in [3.63, 3.8) is 0 Å². The van der Waals surface area contributed by atoms with Crippen LogP contribution in [0.5, 0.6) is 0 Å². The van der Waals surface area contributed by atoms with Crippen LogP contribution in [0.25, 0.3) is 5.69 Å². The smallest absolute Gasteiger partial charge is 0.303 e. The summed E-state index contributed by atoms with van der Waals surface area (Å²) < 4.78 is 2.11. The normalized spacial score (nSPS) is 10.8. The van der Waals surface area contributed by atoms with Crippen molar-refractivity contribution in [1.29, 1.82) is 0 Å². The van der Waals surface area contributed by atoms with Crippen LogP contribution in [0.15, 0.2) is 24.3 Å². The van der Waals surface area contributed by atoms with Gasteiger partial charge in [-0.15, -0.1) is 0 Å². The van der Waals surface area contributed by atoms with E-state index in [0.29, 0.717) is 6.42 Å². The molecule has 106 valence electrons. The highest BCUT2D eigenvalue weighted by atomic mass is 35.5. The van der Waals surface area contributed by atoms with E-state index in [4.69, 9.17) is 16.7 Å². The van der Waals surface area contributed by atoms with E-state index in [-0.39, 0.29) is 6.42 Å². The Labute approximate surface area is 123 Å². The molecule has 0 radical (unpaired) electrons. The molecule has 1 heterocycles. The molecule has 3 nitrogen and oxygen atoms in total. The first-order valence-corrected chi connectivity index (χ1v) is 6.94. The molecule has 0 saturated carbocycles. The number of carbonyl (C=O) groups is 1. The fraction of sp³-hybridized carbons (Fsp3) is 0.312. The maximum Gasteiger partial charge on any atom is 0.303 e. The second-order valence-electron chi connectivity index (χ2n) is 5.06. The van der Waals surface area contributed by atoms with E-state index in [2.05, 4.69) is 4.57 Å². The maximum atomic E-state index is 10.7. The molecule has 4 heteroatoms. The molecule has 1 aromatic heterocycles. The van der Waals surface area contributed by atoms with Crippen LogP contribution in [-0.4, -0.2) is 15.6 Å². The number of carboxylic acid groups (broad SMARTS) is 1. The van der Waals surface area contributed by atoms with Crippen LogP contribution in [0.2, 0.25) is 5.02 Å². The first-order valence-electron chi connectivity index (χ1n) is 6.56. The Morgan fingerprint density at radius 2 is 1.95 bits per heavy atom. The molecular weight excluding hydrogens is 274 g/mol. The Hall–Kier alpha value is -1.74. The Morgan fingerprint density at radius 1 is 1.25 bits per heavy atom. The summed E-state index contributed by atoms with van der Waals surface area (Å²) in [6.07, 6.45) is 0.702. The van der Waals surface area contributed by atoms with Crippen molar-refractivity contribution in [2.24, 2.45) is 0 Å². The van der Waals surface area contributed by atoms with Crippen LogP contribution >= 0.6 is 11.6 Å². The summed E-state index contributed by atoms with van der Waals surface area (Å²) in [5, 5.41) is 9.54. The fourth-order valence-corrected chi connectivity index (χ4v) is 2.62. The van der Waals surface area contributed by atoms with Gasteiger partial charge in [-0.1, -0.05) is 17.7 Å². The van der Waals surface area contributed by atoms with Crippen molar-refractivity contribution in [2.75, 3.05) is 0 Å². The number of nitrogens with zero attached hydrogens (tertiary/aromatic N) is 1. The van der Waals surface area contributed by atoms with E-state index >= 15 is 0 Å². The highest BCUT2D eigenvalue weighted by molar-refractivity contribution is 6.31. The summed E-state index contributed by atoms with van der Waals surface area (Å²) in [6.45, 7) is 6.00. The van der Waals surface area contributed by atoms with Gasteiger partial charge in [0.15, 0.2) is 0 Å². The average Bonchev–Trinajstić information content (AvgIpc) is 2.65. The molecule has 20 heavy (non-hydrogen) atoms. The second kappa shape index (κ2) is 5.71. The van der Waals surface area contributed by atoms with E-state index in [0.717, 1.165) is 33.2 Å². The number of rotatable bonds is 4. The second-order valence-corrected chi connectivity index (χ2v) is 5.47. The van der Waals surface area contributed by atoms with Gasteiger partial charge in [-0.25, -0.2) is 0 Å². The lowest BCUT2D eigenvalue weighted by molar-refractivity contribution is -0.136. The van der Waals surface area contributed by atoms with Crippen LogP contribution in [0.1, 0.15) is 28.9 Å². The highest BCUT2D eigenvalue weighted by Crippen LogP contribution is 2.25. The number of aliphatic carboxylic acids is 1. The standard InChI is InChI=1S/C16H18ClNO2/c1-10-4-6-14(9-15(10)17)18-11(2)8-13(12(18)3)5-7-16(19)20/h4,6,8-9H,5,7H2,1-3H3,(H,19,20). The van der Waals surface area contributed by atoms with Crippen molar-refractivity contribution >= 4 is 17.6 Å².